The van der Waals surface area contributed by atoms with Crippen LogP contribution in [0.25, 0.3) is 0 Å². The van der Waals surface area contributed by atoms with Gasteiger partial charge in [-0.25, -0.2) is 0 Å². The molecule has 112 valence electrons. The third-order valence-corrected chi connectivity index (χ3v) is 3.56. The first-order valence-corrected chi connectivity index (χ1v) is 7.91. The second-order valence-electron chi connectivity index (χ2n) is 4.62. The summed E-state index contributed by atoms with van der Waals surface area (Å²) in [4.78, 5) is 23.5. The van der Waals surface area contributed by atoms with Crippen LogP contribution in [0.2, 0.25) is 0 Å². The summed E-state index contributed by atoms with van der Waals surface area (Å²) in [5, 5.41) is 10.4. The van der Waals surface area contributed by atoms with E-state index in [0.29, 0.717) is 12.0 Å². The summed E-state index contributed by atoms with van der Waals surface area (Å²) in [5.41, 5.74) is 0.559. The van der Waals surface area contributed by atoms with E-state index in [1.54, 1.807) is 24.3 Å². The van der Waals surface area contributed by atoms with Crippen molar-refractivity contribution in [1.82, 2.24) is 0 Å². The van der Waals surface area contributed by atoms with Gasteiger partial charge in [0, 0.05) is 18.2 Å². The lowest BCUT2D eigenvalue weighted by molar-refractivity contribution is -0.144. The van der Waals surface area contributed by atoms with Gasteiger partial charge < -0.3 is 4.74 Å². The summed E-state index contributed by atoms with van der Waals surface area (Å²) in [5.74, 6) is 0.197. The normalized spacial score (nSPS) is 11.4. The number of nitrogens with zero attached hydrogens (tertiary/aromatic N) is 1. The molecule has 21 heavy (non-hydrogen) atoms. The number of hydrogen-bond acceptors (Lipinski definition) is 5. The highest BCUT2D eigenvalue weighted by molar-refractivity contribution is 8.03. The van der Waals surface area contributed by atoms with Gasteiger partial charge in [-0.2, -0.15) is 5.26 Å². The lowest BCUT2D eigenvalue weighted by atomic mass is 10.0. The van der Waals surface area contributed by atoms with Crippen molar-refractivity contribution in [2.75, 3.05) is 5.75 Å². The number of hydrogen-bond donors (Lipinski definition) is 0. The molecule has 0 amide bonds. The Morgan fingerprint density at radius 3 is 2.57 bits per heavy atom. The standard InChI is InChI=1S/C16H19NO3S/c1-13(18)20-15(10-6-3-7-11-21-12-17)16(19)14-8-4-2-5-9-14/h2,4-5,8-9,15H,3,6-7,10-11H2,1H3. The Morgan fingerprint density at radius 1 is 1.24 bits per heavy atom. The van der Waals surface area contributed by atoms with Gasteiger partial charge in [-0.1, -0.05) is 36.8 Å². The van der Waals surface area contributed by atoms with Crippen LogP contribution in [-0.4, -0.2) is 23.6 Å². The Balaban J connectivity index is 2.50. The number of ketones is 1. The number of ether oxygens (including phenoxy) is 1. The summed E-state index contributed by atoms with van der Waals surface area (Å²) >= 11 is 1.23. The Bertz CT molecular complexity index is 496. The van der Waals surface area contributed by atoms with Gasteiger partial charge in [-0.3, -0.25) is 9.59 Å². The quantitative estimate of drug-likeness (QED) is 0.302. The number of rotatable bonds is 9. The Hall–Kier alpha value is -1.80. The third kappa shape index (κ3) is 6.96. The van der Waals surface area contributed by atoms with Crippen LogP contribution in [0, 0.1) is 10.7 Å². The summed E-state index contributed by atoms with van der Waals surface area (Å²) in [7, 11) is 0. The van der Waals surface area contributed by atoms with Crippen LogP contribution >= 0.6 is 11.8 Å². The first kappa shape index (κ1) is 17.3. The van der Waals surface area contributed by atoms with Gasteiger partial charge in [0.15, 0.2) is 6.10 Å². The van der Waals surface area contributed by atoms with Crippen molar-refractivity contribution < 1.29 is 14.3 Å². The largest absolute Gasteiger partial charge is 0.454 e. The smallest absolute Gasteiger partial charge is 0.303 e. The molecule has 0 aliphatic carbocycles. The van der Waals surface area contributed by atoms with Crippen LogP contribution in [0.5, 0.6) is 0 Å². The SMILES string of the molecule is CC(=O)OC(CCCCCSC#N)C(=O)c1ccccc1. The van der Waals surface area contributed by atoms with Gasteiger partial charge in [0.05, 0.1) is 0 Å². The van der Waals surface area contributed by atoms with E-state index in [0.717, 1.165) is 25.0 Å². The molecule has 0 fully saturated rings. The van der Waals surface area contributed by atoms with Gasteiger partial charge in [-0.15, -0.1) is 0 Å². The minimum absolute atomic E-state index is 0.155. The van der Waals surface area contributed by atoms with Crippen molar-refractivity contribution in [1.29, 1.82) is 5.26 Å². The summed E-state index contributed by atoms with van der Waals surface area (Å²) in [6, 6.07) is 8.86. The second kappa shape index (κ2) is 10.0. The fraction of sp³-hybridized carbons (Fsp3) is 0.438. The number of thioether (sulfide) groups is 1. The first-order valence-electron chi connectivity index (χ1n) is 6.92. The second-order valence-corrected chi connectivity index (χ2v) is 5.50. The highest BCUT2D eigenvalue weighted by Crippen LogP contribution is 2.14. The van der Waals surface area contributed by atoms with E-state index in [-0.39, 0.29) is 5.78 Å². The van der Waals surface area contributed by atoms with Gasteiger partial charge >= 0.3 is 5.97 Å². The molecule has 0 spiro atoms. The van der Waals surface area contributed by atoms with Gasteiger partial charge in [0.1, 0.15) is 5.40 Å². The highest BCUT2D eigenvalue weighted by atomic mass is 32.2. The van der Waals surface area contributed by atoms with Crippen molar-refractivity contribution in [3.05, 3.63) is 35.9 Å². The molecule has 1 atom stereocenters. The monoisotopic (exact) mass is 305 g/mol. The maximum atomic E-state index is 12.3. The summed E-state index contributed by atoms with van der Waals surface area (Å²) < 4.78 is 5.15. The number of thiocyanates is 1. The average molecular weight is 305 g/mol. The molecule has 0 heterocycles. The molecule has 0 aliphatic rings. The molecular weight excluding hydrogens is 286 g/mol. The molecule has 0 aliphatic heterocycles. The maximum Gasteiger partial charge on any atom is 0.303 e. The van der Waals surface area contributed by atoms with Crippen molar-refractivity contribution >= 4 is 23.5 Å². The van der Waals surface area contributed by atoms with Gasteiger partial charge in [-0.05, 0) is 31.0 Å². The molecule has 1 unspecified atom stereocenters. The fourth-order valence-corrected chi connectivity index (χ4v) is 2.40. The molecule has 1 rings (SSSR count). The van der Waals surface area contributed by atoms with Crippen molar-refractivity contribution in [2.24, 2.45) is 0 Å². The van der Waals surface area contributed by atoms with E-state index in [4.69, 9.17) is 10.00 Å². The van der Waals surface area contributed by atoms with Crippen LogP contribution in [-0.2, 0) is 9.53 Å². The third-order valence-electron chi connectivity index (χ3n) is 2.94. The average Bonchev–Trinajstić information content (AvgIpc) is 2.49. The summed E-state index contributed by atoms with van der Waals surface area (Å²) in [6.07, 6.45) is 2.43. The lowest BCUT2D eigenvalue weighted by Gasteiger charge is -2.15. The molecular formula is C16H19NO3S. The van der Waals surface area contributed by atoms with Crippen molar-refractivity contribution in [3.63, 3.8) is 0 Å². The first-order chi connectivity index (χ1) is 10.1. The van der Waals surface area contributed by atoms with Gasteiger partial charge in [0.2, 0.25) is 5.78 Å². The fourth-order valence-electron chi connectivity index (χ4n) is 1.96. The predicted octanol–water partition coefficient (Wildman–Crippen LogP) is 3.58. The number of unbranched alkanes of at least 4 members (excludes halogenated alkanes) is 2. The zero-order chi connectivity index (χ0) is 15.5. The highest BCUT2D eigenvalue weighted by Gasteiger charge is 2.22. The minimum Gasteiger partial charge on any atom is -0.454 e. The number of Topliss-reactive ketones (excluding diaryl/α,β-unsaturated/α-hetero) is 1. The Labute approximate surface area is 129 Å². The van der Waals surface area contributed by atoms with Crippen LogP contribution in [0.4, 0.5) is 0 Å². The number of nitriles is 1. The van der Waals surface area contributed by atoms with Crippen molar-refractivity contribution in [3.8, 4) is 5.40 Å². The van der Waals surface area contributed by atoms with E-state index >= 15 is 0 Å². The molecule has 0 N–H and O–H groups in total. The Kier molecular flexibility index (Phi) is 8.22. The van der Waals surface area contributed by atoms with Crippen LogP contribution in [0.3, 0.4) is 0 Å². The van der Waals surface area contributed by atoms with E-state index in [1.165, 1.54) is 18.7 Å². The minimum atomic E-state index is -0.714. The zero-order valence-electron chi connectivity index (χ0n) is 12.1. The lowest BCUT2D eigenvalue weighted by Crippen LogP contribution is -2.26. The van der Waals surface area contributed by atoms with E-state index in [9.17, 15) is 9.59 Å². The number of carbonyl (C=O) groups is 2. The molecule has 0 aromatic heterocycles. The van der Waals surface area contributed by atoms with E-state index < -0.39 is 12.1 Å². The number of benzene rings is 1. The molecule has 0 radical (unpaired) electrons. The topological polar surface area (TPSA) is 67.2 Å². The van der Waals surface area contributed by atoms with Crippen LogP contribution in [0.1, 0.15) is 43.0 Å². The molecule has 1 aromatic carbocycles. The van der Waals surface area contributed by atoms with E-state index in [1.807, 2.05) is 11.5 Å². The van der Waals surface area contributed by atoms with Crippen molar-refractivity contribution in [2.45, 2.75) is 38.7 Å². The number of carbonyl (C=O) groups excluding carboxylic acids is 2. The molecule has 0 saturated carbocycles. The van der Waals surface area contributed by atoms with Crippen LogP contribution < -0.4 is 0 Å². The molecule has 0 bridgehead atoms. The van der Waals surface area contributed by atoms with E-state index in [2.05, 4.69) is 0 Å². The molecule has 1 aromatic rings. The predicted molar refractivity (Wildman–Crippen MR) is 82.9 cm³/mol. The Morgan fingerprint density at radius 2 is 1.95 bits per heavy atom. The van der Waals surface area contributed by atoms with Gasteiger partial charge in [0.25, 0.3) is 0 Å². The molecule has 5 heteroatoms. The van der Waals surface area contributed by atoms with Crippen LogP contribution in [0.15, 0.2) is 30.3 Å². The maximum absolute atomic E-state index is 12.3. The zero-order valence-corrected chi connectivity index (χ0v) is 12.9. The molecule has 4 nitrogen and oxygen atoms in total. The summed E-state index contributed by atoms with van der Waals surface area (Å²) in [6.45, 7) is 1.31. The number of esters is 1. The molecule has 0 saturated heterocycles.